The van der Waals surface area contributed by atoms with Crippen molar-refractivity contribution in [3.05, 3.63) is 247 Å². The highest BCUT2D eigenvalue weighted by Gasteiger charge is 2.51. The van der Waals surface area contributed by atoms with Crippen LogP contribution in [0.25, 0.3) is 54.9 Å². The van der Waals surface area contributed by atoms with Crippen molar-refractivity contribution in [3.8, 4) is 44.9 Å². The summed E-state index contributed by atoms with van der Waals surface area (Å²) in [5, 5.41) is 5.06. The van der Waals surface area contributed by atoms with Gasteiger partial charge in [-0.1, -0.05) is 182 Å². The van der Waals surface area contributed by atoms with Gasteiger partial charge in [-0.15, -0.1) is 0 Å². The number of hydrogen-bond acceptors (Lipinski definition) is 2. The molecule has 2 aliphatic rings. The summed E-state index contributed by atoms with van der Waals surface area (Å²) in [4.78, 5) is 2.45. The number of nitrogens with zero attached hydrogens (tertiary/aromatic N) is 1. The molecule has 0 saturated carbocycles. The third-order valence-corrected chi connectivity index (χ3v) is 12.5. The summed E-state index contributed by atoms with van der Waals surface area (Å²) in [7, 11) is 0. The van der Waals surface area contributed by atoms with Gasteiger partial charge in [0.15, 0.2) is 0 Å². The number of rotatable bonds is 5. The van der Waals surface area contributed by atoms with Gasteiger partial charge in [0.25, 0.3) is 0 Å². The molecule has 0 unspecified atom stereocenters. The van der Waals surface area contributed by atoms with Gasteiger partial charge in [-0.25, -0.2) is 0 Å². The van der Waals surface area contributed by atoms with E-state index in [9.17, 15) is 0 Å². The summed E-state index contributed by atoms with van der Waals surface area (Å²) in [5.74, 6) is 1.79. The van der Waals surface area contributed by atoms with Crippen LogP contribution < -0.4 is 9.64 Å². The van der Waals surface area contributed by atoms with E-state index in [1.807, 2.05) is 0 Å². The Balaban J connectivity index is 1.08. The second-order valence-corrected chi connectivity index (χ2v) is 15.6. The lowest BCUT2D eigenvalue weighted by molar-refractivity contribution is 0.436. The fraction of sp³-hybridized carbons (Fsp3) is 0.0175. The number of para-hydroxylation sites is 2. The molecular weight excluding hydrogens is 715 g/mol. The molecule has 10 aromatic rings. The van der Waals surface area contributed by atoms with Gasteiger partial charge in [-0.05, 0) is 103 Å². The third-order valence-electron chi connectivity index (χ3n) is 12.5. The molecule has 12 rings (SSSR count). The van der Waals surface area contributed by atoms with E-state index in [2.05, 4.69) is 229 Å². The van der Waals surface area contributed by atoms with Crippen molar-refractivity contribution in [2.45, 2.75) is 5.41 Å². The fourth-order valence-corrected chi connectivity index (χ4v) is 10.0. The van der Waals surface area contributed by atoms with E-state index in [0.29, 0.717) is 0 Å². The monoisotopic (exact) mass is 751 g/mol. The predicted molar refractivity (Wildman–Crippen MR) is 244 cm³/mol. The molecule has 1 aliphatic heterocycles. The second-order valence-electron chi connectivity index (χ2n) is 15.6. The molecular formula is C57H37NO. The standard InChI is InChI=1S/C57H37NO/c1-2-14-38(15-3-1)39-28-33-42(34-29-39)58(43-35-30-41(31-36-43)45-19-12-20-46-44-17-5-4-16-40(44)32-37-47(45)46)53-25-13-24-52-56(53)48-18-6-7-21-49(48)57(52)50-22-8-10-26-54(50)59-55-27-11-9-23-51(55)57/h1-37H. The molecule has 0 atom stereocenters. The molecule has 1 aliphatic carbocycles. The Bertz CT molecular complexity index is 3190. The Hall–Kier alpha value is -7.68. The van der Waals surface area contributed by atoms with Crippen LogP contribution in [0.5, 0.6) is 11.5 Å². The van der Waals surface area contributed by atoms with Crippen molar-refractivity contribution in [1.29, 1.82) is 0 Å². The first kappa shape index (κ1) is 33.5. The zero-order chi connectivity index (χ0) is 38.9. The average Bonchev–Trinajstić information content (AvgIpc) is 3.61. The van der Waals surface area contributed by atoms with Crippen LogP contribution in [0, 0.1) is 0 Å². The van der Waals surface area contributed by atoms with Crippen molar-refractivity contribution in [2.75, 3.05) is 4.90 Å². The molecule has 0 N–H and O–H groups in total. The minimum atomic E-state index is -0.557. The lowest BCUT2D eigenvalue weighted by atomic mass is 9.66. The first-order valence-corrected chi connectivity index (χ1v) is 20.3. The number of hydrogen-bond donors (Lipinski definition) is 0. The molecule has 0 aromatic heterocycles. The first-order chi connectivity index (χ1) is 29.3. The zero-order valence-corrected chi connectivity index (χ0v) is 32.2. The highest BCUT2D eigenvalue weighted by Crippen LogP contribution is 2.64. The maximum atomic E-state index is 6.64. The quantitative estimate of drug-likeness (QED) is 0.162. The zero-order valence-electron chi connectivity index (χ0n) is 32.2. The first-order valence-electron chi connectivity index (χ1n) is 20.3. The summed E-state index contributed by atoms with van der Waals surface area (Å²) in [6.45, 7) is 0. The van der Waals surface area contributed by atoms with Crippen molar-refractivity contribution in [1.82, 2.24) is 0 Å². The Morgan fingerprint density at radius 3 is 1.61 bits per heavy atom. The molecule has 10 aromatic carbocycles. The van der Waals surface area contributed by atoms with E-state index in [4.69, 9.17) is 4.74 Å². The summed E-state index contributed by atoms with van der Waals surface area (Å²) < 4.78 is 6.64. The maximum Gasteiger partial charge on any atom is 0.132 e. The fourth-order valence-electron chi connectivity index (χ4n) is 10.0. The average molecular weight is 752 g/mol. The van der Waals surface area contributed by atoms with E-state index in [-0.39, 0.29) is 0 Å². The van der Waals surface area contributed by atoms with Gasteiger partial charge in [0.1, 0.15) is 11.5 Å². The molecule has 59 heavy (non-hydrogen) atoms. The summed E-state index contributed by atoms with van der Waals surface area (Å²) in [5.41, 5.74) is 14.9. The van der Waals surface area contributed by atoms with Crippen molar-refractivity contribution in [2.24, 2.45) is 0 Å². The number of benzene rings is 10. The van der Waals surface area contributed by atoms with Gasteiger partial charge in [-0.3, -0.25) is 0 Å². The normalized spacial score (nSPS) is 13.0. The van der Waals surface area contributed by atoms with Crippen LogP contribution in [-0.2, 0) is 5.41 Å². The van der Waals surface area contributed by atoms with Gasteiger partial charge < -0.3 is 9.64 Å². The summed E-state index contributed by atoms with van der Waals surface area (Å²) >= 11 is 0. The van der Waals surface area contributed by atoms with Crippen molar-refractivity contribution >= 4 is 38.6 Å². The van der Waals surface area contributed by atoms with Crippen LogP contribution in [0.3, 0.4) is 0 Å². The number of fused-ring (bicyclic) bond motifs is 12. The summed E-state index contributed by atoms with van der Waals surface area (Å²) in [6.07, 6.45) is 0. The van der Waals surface area contributed by atoms with Gasteiger partial charge in [-0.2, -0.15) is 0 Å². The molecule has 276 valence electrons. The van der Waals surface area contributed by atoms with Crippen LogP contribution in [0.2, 0.25) is 0 Å². The molecule has 0 amide bonds. The third kappa shape index (κ3) is 5.00. The largest absolute Gasteiger partial charge is 0.457 e. The van der Waals surface area contributed by atoms with Crippen molar-refractivity contribution in [3.63, 3.8) is 0 Å². The lowest BCUT2D eigenvalue weighted by Crippen LogP contribution is -2.32. The molecule has 0 fully saturated rings. The Labute approximate surface area is 343 Å². The molecule has 0 bridgehead atoms. The molecule has 1 heterocycles. The van der Waals surface area contributed by atoms with Crippen LogP contribution in [0.15, 0.2) is 224 Å². The molecule has 2 heteroatoms. The van der Waals surface area contributed by atoms with E-state index in [1.54, 1.807) is 0 Å². The van der Waals surface area contributed by atoms with Gasteiger partial charge in [0, 0.05) is 28.1 Å². The van der Waals surface area contributed by atoms with Gasteiger partial charge >= 0.3 is 0 Å². The Morgan fingerprint density at radius 2 is 0.864 bits per heavy atom. The van der Waals surface area contributed by atoms with Gasteiger partial charge in [0.2, 0.25) is 0 Å². The number of ether oxygens (including phenoxy) is 1. The molecule has 0 radical (unpaired) electrons. The van der Waals surface area contributed by atoms with Crippen molar-refractivity contribution < 1.29 is 4.74 Å². The van der Waals surface area contributed by atoms with Crippen LogP contribution in [-0.4, -0.2) is 0 Å². The minimum Gasteiger partial charge on any atom is -0.457 e. The van der Waals surface area contributed by atoms with E-state index in [0.717, 1.165) is 39.7 Å². The molecule has 1 spiro atoms. The van der Waals surface area contributed by atoms with Crippen LogP contribution in [0.4, 0.5) is 17.1 Å². The van der Waals surface area contributed by atoms with Crippen LogP contribution in [0.1, 0.15) is 22.3 Å². The van der Waals surface area contributed by atoms with E-state index < -0.39 is 5.41 Å². The van der Waals surface area contributed by atoms with Crippen LogP contribution >= 0.6 is 0 Å². The predicted octanol–water partition coefficient (Wildman–Crippen LogP) is 15.3. The smallest absolute Gasteiger partial charge is 0.132 e. The van der Waals surface area contributed by atoms with Gasteiger partial charge in [0.05, 0.1) is 11.1 Å². The topological polar surface area (TPSA) is 12.5 Å². The van der Waals surface area contributed by atoms with E-state index in [1.165, 1.54) is 66.1 Å². The Morgan fingerprint density at radius 1 is 0.322 bits per heavy atom. The van der Waals surface area contributed by atoms with E-state index >= 15 is 0 Å². The maximum absolute atomic E-state index is 6.64. The Kier molecular flexibility index (Phi) is 7.48. The molecule has 2 nitrogen and oxygen atoms in total. The SMILES string of the molecule is c1ccc(-c2ccc(N(c3ccc(-c4cccc5c4ccc4ccccc45)cc3)c3cccc4c3-c3ccccc3C43c4ccccc4Oc4ccccc43)cc2)cc1. The minimum absolute atomic E-state index is 0.557. The second kappa shape index (κ2) is 13.2. The highest BCUT2D eigenvalue weighted by atomic mass is 16.5. The highest BCUT2D eigenvalue weighted by molar-refractivity contribution is 6.12. The number of anilines is 3. The summed E-state index contributed by atoms with van der Waals surface area (Å²) in [6, 6.07) is 81.6. The molecule has 0 saturated heterocycles. The lowest BCUT2D eigenvalue weighted by Gasteiger charge is -2.39.